The van der Waals surface area contributed by atoms with Crippen LogP contribution in [-0.4, -0.2) is 31.7 Å². The van der Waals surface area contributed by atoms with Gasteiger partial charge in [-0.2, -0.15) is 0 Å². The monoisotopic (exact) mass is 254 g/mol. The highest BCUT2D eigenvalue weighted by molar-refractivity contribution is 6.33. The van der Waals surface area contributed by atoms with Crippen molar-refractivity contribution in [1.29, 1.82) is 0 Å². The third-order valence-electron chi connectivity index (χ3n) is 2.47. The summed E-state index contributed by atoms with van der Waals surface area (Å²) in [5.74, 6) is 0. The van der Waals surface area contributed by atoms with Gasteiger partial charge >= 0.3 is 0 Å². The van der Waals surface area contributed by atoms with E-state index in [0.29, 0.717) is 17.3 Å². The van der Waals surface area contributed by atoms with E-state index < -0.39 is 0 Å². The van der Waals surface area contributed by atoms with E-state index in [1.165, 1.54) is 0 Å². The van der Waals surface area contributed by atoms with Gasteiger partial charge < -0.3 is 10.5 Å². The molecule has 0 fully saturated rings. The van der Waals surface area contributed by atoms with Crippen LogP contribution >= 0.6 is 11.6 Å². The van der Waals surface area contributed by atoms with E-state index in [2.05, 4.69) is 11.5 Å². The number of nitrogens with zero attached hydrogens (tertiary/aromatic N) is 1. The van der Waals surface area contributed by atoms with Crippen LogP contribution in [0.2, 0.25) is 5.02 Å². The van der Waals surface area contributed by atoms with Crippen molar-refractivity contribution in [2.24, 2.45) is 0 Å². The minimum atomic E-state index is 0.604. The van der Waals surface area contributed by atoms with Gasteiger partial charge in [-0.05, 0) is 17.7 Å². The average molecular weight is 255 g/mol. The van der Waals surface area contributed by atoms with Crippen molar-refractivity contribution < 1.29 is 4.74 Å². The maximum absolute atomic E-state index is 5.99. The summed E-state index contributed by atoms with van der Waals surface area (Å²) >= 11 is 5.99. The number of hydrogen-bond donors (Lipinski definition) is 1. The first-order chi connectivity index (χ1) is 8.17. The van der Waals surface area contributed by atoms with Crippen molar-refractivity contribution in [1.82, 2.24) is 4.90 Å². The van der Waals surface area contributed by atoms with Gasteiger partial charge in [0, 0.05) is 26.7 Å². The second kappa shape index (κ2) is 7.33. The van der Waals surface area contributed by atoms with Crippen molar-refractivity contribution in [2.45, 2.75) is 6.54 Å². The highest BCUT2D eigenvalue weighted by atomic mass is 35.5. The van der Waals surface area contributed by atoms with Crippen LogP contribution in [0.15, 0.2) is 30.9 Å². The van der Waals surface area contributed by atoms with Crippen molar-refractivity contribution in [3.63, 3.8) is 0 Å². The number of rotatable bonds is 7. The fourth-order valence-electron chi connectivity index (χ4n) is 1.57. The maximum Gasteiger partial charge on any atom is 0.0638 e. The molecule has 1 aromatic rings. The van der Waals surface area contributed by atoms with Crippen LogP contribution in [0.5, 0.6) is 0 Å². The number of halogens is 1. The van der Waals surface area contributed by atoms with Gasteiger partial charge in [-0.3, -0.25) is 4.90 Å². The Bertz CT molecular complexity index is 368. The van der Waals surface area contributed by atoms with E-state index in [0.717, 1.165) is 25.2 Å². The van der Waals surface area contributed by atoms with E-state index >= 15 is 0 Å². The first kappa shape index (κ1) is 14.0. The van der Waals surface area contributed by atoms with E-state index in [9.17, 15) is 0 Å². The number of nitrogen functional groups attached to an aromatic ring is 1. The molecule has 17 heavy (non-hydrogen) atoms. The van der Waals surface area contributed by atoms with Gasteiger partial charge in [0.15, 0.2) is 0 Å². The second-order valence-corrected chi connectivity index (χ2v) is 4.28. The van der Waals surface area contributed by atoms with Crippen molar-refractivity contribution in [3.8, 4) is 0 Å². The lowest BCUT2D eigenvalue weighted by molar-refractivity contribution is 0.151. The predicted molar refractivity (Wildman–Crippen MR) is 73.2 cm³/mol. The third kappa shape index (κ3) is 4.77. The largest absolute Gasteiger partial charge is 0.398 e. The Morgan fingerprint density at radius 1 is 1.53 bits per heavy atom. The van der Waals surface area contributed by atoms with Gasteiger partial charge in [0.2, 0.25) is 0 Å². The average Bonchev–Trinajstić information content (AvgIpc) is 2.31. The molecule has 0 saturated carbocycles. The lowest BCUT2D eigenvalue weighted by Crippen LogP contribution is -2.27. The number of benzene rings is 1. The summed E-state index contributed by atoms with van der Waals surface area (Å²) in [5, 5.41) is 0.604. The standard InChI is InChI=1S/C13H19ClN2O/c1-3-6-16(7-8-17-2)10-11-4-5-13(15)12(14)9-11/h3-5,9H,1,6-8,10,15H2,2H3. The molecular weight excluding hydrogens is 236 g/mol. The topological polar surface area (TPSA) is 38.5 Å². The zero-order chi connectivity index (χ0) is 12.7. The summed E-state index contributed by atoms with van der Waals surface area (Å²) in [6.07, 6.45) is 1.88. The molecule has 0 bridgehead atoms. The lowest BCUT2D eigenvalue weighted by atomic mass is 10.2. The molecule has 0 spiro atoms. The Morgan fingerprint density at radius 3 is 2.88 bits per heavy atom. The number of methoxy groups -OCH3 is 1. The number of ether oxygens (including phenoxy) is 1. The first-order valence-corrected chi connectivity index (χ1v) is 5.91. The van der Waals surface area contributed by atoms with Crippen LogP contribution in [0, 0.1) is 0 Å². The molecule has 0 heterocycles. The van der Waals surface area contributed by atoms with Crippen LogP contribution < -0.4 is 5.73 Å². The van der Waals surface area contributed by atoms with Crippen molar-refractivity contribution in [2.75, 3.05) is 32.5 Å². The maximum atomic E-state index is 5.99. The summed E-state index contributed by atoms with van der Waals surface area (Å²) in [5.41, 5.74) is 7.43. The fourth-order valence-corrected chi connectivity index (χ4v) is 1.77. The molecule has 0 aliphatic rings. The van der Waals surface area contributed by atoms with Crippen LogP contribution in [0.3, 0.4) is 0 Å². The van der Waals surface area contributed by atoms with E-state index in [1.807, 2.05) is 24.3 Å². The highest BCUT2D eigenvalue weighted by Crippen LogP contribution is 2.20. The number of nitrogens with two attached hydrogens (primary N) is 1. The zero-order valence-electron chi connectivity index (χ0n) is 10.2. The van der Waals surface area contributed by atoms with Gasteiger partial charge in [-0.15, -0.1) is 6.58 Å². The summed E-state index contributed by atoms with van der Waals surface area (Å²) in [6, 6.07) is 5.73. The number of hydrogen-bond acceptors (Lipinski definition) is 3. The first-order valence-electron chi connectivity index (χ1n) is 5.53. The van der Waals surface area contributed by atoms with Crippen LogP contribution in [0.4, 0.5) is 5.69 Å². The minimum absolute atomic E-state index is 0.604. The fraction of sp³-hybridized carbons (Fsp3) is 0.385. The van der Waals surface area contributed by atoms with E-state index in [-0.39, 0.29) is 0 Å². The summed E-state index contributed by atoms with van der Waals surface area (Å²) < 4.78 is 5.08. The molecule has 2 N–H and O–H groups in total. The molecule has 0 atom stereocenters. The summed E-state index contributed by atoms with van der Waals surface area (Å²) in [7, 11) is 1.70. The van der Waals surface area contributed by atoms with Crippen LogP contribution in [0.25, 0.3) is 0 Å². The Morgan fingerprint density at radius 2 is 2.29 bits per heavy atom. The molecule has 0 radical (unpaired) electrons. The number of anilines is 1. The lowest BCUT2D eigenvalue weighted by Gasteiger charge is -2.20. The molecule has 0 aliphatic carbocycles. The highest BCUT2D eigenvalue weighted by Gasteiger charge is 2.05. The van der Waals surface area contributed by atoms with Gasteiger partial charge in [0.25, 0.3) is 0 Å². The van der Waals surface area contributed by atoms with Crippen LogP contribution in [0.1, 0.15) is 5.56 Å². The molecule has 0 saturated heterocycles. The van der Waals surface area contributed by atoms with Gasteiger partial charge in [0.1, 0.15) is 0 Å². The Balaban J connectivity index is 2.64. The van der Waals surface area contributed by atoms with Gasteiger partial charge in [0.05, 0.1) is 17.3 Å². The molecule has 0 amide bonds. The Kier molecular flexibility index (Phi) is 6.05. The molecule has 1 aromatic carbocycles. The molecule has 94 valence electrons. The minimum Gasteiger partial charge on any atom is -0.398 e. The molecule has 3 nitrogen and oxygen atoms in total. The van der Waals surface area contributed by atoms with E-state index in [1.54, 1.807) is 7.11 Å². The molecule has 0 unspecified atom stereocenters. The van der Waals surface area contributed by atoms with Crippen molar-refractivity contribution in [3.05, 3.63) is 41.4 Å². The second-order valence-electron chi connectivity index (χ2n) is 3.87. The van der Waals surface area contributed by atoms with Gasteiger partial charge in [-0.25, -0.2) is 0 Å². The molecule has 1 rings (SSSR count). The zero-order valence-corrected chi connectivity index (χ0v) is 10.9. The van der Waals surface area contributed by atoms with Gasteiger partial charge in [-0.1, -0.05) is 23.7 Å². The summed E-state index contributed by atoms with van der Waals surface area (Å²) in [4.78, 5) is 2.23. The molecule has 0 aromatic heterocycles. The quantitative estimate of drug-likeness (QED) is 0.600. The molecule has 0 aliphatic heterocycles. The Labute approximate surface area is 108 Å². The molecule has 4 heteroatoms. The van der Waals surface area contributed by atoms with E-state index in [4.69, 9.17) is 22.1 Å². The SMILES string of the molecule is C=CCN(CCOC)Cc1ccc(N)c(Cl)c1. The normalized spacial score (nSPS) is 10.8. The predicted octanol–water partition coefficient (Wildman–Crippen LogP) is 2.56. The third-order valence-corrected chi connectivity index (χ3v) is 2.80. The summed E-state index contributed by atoms with van der Waals surface area (Å²) in [6.45, 7) is 6.96. The smallest absolute Gasteiger partial charge is 0.0638 e. The Hall–Kier alpha value is -1.03. The van der Waals surface area contributed by atoms with Crippen LogP contribution in [-0.2, 0) is 11.3 Å². The van der Waals surface area contributed by atoms with Crippen molar-refractivity contribution >= 4 is 17.3 Å². The molecular formula is C13H19ClN2O.